The largest absolute Gasteiger partial charge is 0.378 e. The van der Waals surface area contributed by atoms with E-state index in [2.05, 4.69) is 20.5 Å². The van der Waals surface area contributed by atoms with Gasteiger partial charge in [0.15, 0.2) is 5.82 Å². The van der Waals surface area contributed by atoms with Crippen LogP contribution in [0.1, 0.15) is 31.5 Å². The third kappa shape index (κ3) is 4.79. The molecule has 7 nitrogen and oxygen atoms in total. The Bertz CT molecular complexity index is 692. The molecule has 1 atom stereocenters. The summed E-state index contributed by atoms with van der Waals surface area (Å²) in [7, 11) is 1.82. The zero-order valence-electron chi connectivity index (χ0n) is 14.8. The molecule has 1 aromatic carbocycles. The van der Waals surface area contributed by atoms with Crippen molar-refractivity contribution in [3.63, 3.8) is 0 Å². The van der Waals surface area contributed by atoms with E-state index in [0.29, 0.717) is 11.9 Å². The number of nitrogens with one attached hydrogen (secondary N) is 2. The van der Waals surface area contributed by atoms with E-state index in [0.717, 1.165) is 55.9 Å². The summed E-state index contributed by atoms with van der Waals surface area (Å²) in [5, 5.41) is 9.86. The Hall–Kier alpha value is -2.41. The number of hydrogen-bond acceptors (Lipinski definition) is 4. The minimum absolute atomic E-state index is 0.103. The maximum absolute atomic E-state index is 12.3. The average Bonchev–Trinajstić information content (AvgIpc) is 3.27. The molecular weight excluding hydrogens is 318 g/mol. The summed E-state index contributed by atoms with van der Waals surface area (Å²) < 4.78 is 5.61. The number of aryl methyl sites for hydroxylation is 1. The number of aromatic nitrogens is 3. The quantitative estimate of drug-likeness (QED) is 0.844. The van der Waals surface area contributed by atoms with Crippen LogP contribution in [0.15, 0.2) is 24.3 Å². The summed E-state index contributed by atoms with van der Waals surface area (Å²) in [6, 6.07) is 7.41. The number of nitrogens with zero attached hydrogens (tertiary/aromatic N) is 3. The van der Waals surface area contributed by atoms with Crippen LogP contribution in [-0.4, -0.2) is 52.4 Å². The van der Waals surface area contributed by atoms with Crippen molar-refractivity contribution in [1.82, 2.24) is 20.1 Å². The maximum atomic E-state index is 12.3. The molecule has 0 aliphatic carbocycles. The fourth-order valence-corrected chi connectivity index (χ4v) is 2.92. The normalized spacial score (nSPS) is 16.8. The van der Waals surface area contributed by atoms with Gasteiger partial charge >= 0.3 is 6.03 Å². The molecule has 134 valence electrons. The number of rotatable bonds is 6. The van der Waals surface area contributed by atoms with E-state index < -0.39 is 0 Å². The van der Waals surface area contributed by atoms with Crippen molar-refractivity contribution in [3.8, 4) is 11.4 Å². The van der Waals surface area contributed by atoms with Gasteiger partial charge in [0.2, 0.25) is 0 Å². The summed E-state index contributed by atoms with van der Waals surface area (Å²) >= 11 is 0. The second kappa shape index (κ2) is 8.11. The van der Waals surface area contributed by atoms with E-state index in [1.165, 1.54) is 0 Å². The molecule has 0 spiro atoms. The van der Waals surface area contributed by atoms with Crippen LogP contribution in [-0.2, 0) is 4.74 Å². The van der Waals surface area contributed by atoms with Gasteiger partial charge in [-0.25, -0.2) is 9.78 Å². The van der Waals surface area contributed by atoms with Crippen LogP contribution in [0, 0.1) is 6.92 Å². The third-order valence-electron chi connectivity index (χ3n) is 4.38. The Kier molecular flexibility index (Phi) is 5.65. The van der Waals surface area contributed by atoms with E-state index in [9.17, 15) is 4.79 Å². The number of amides is 2. The first-order chi connectivity index (χ1) is 12.1. The minimum atomic E-state index is -0.103. The Morgan fingerprint density at radius 3 is 2.84 bits per heavy atom. The average molecular weight is 343 g/mol. The number of aromatic amines is 1. The number of carbonyl (C=O) groups excluding carboxylic acids is 1. The standard InChI is InChI=1S/C18H25N5O2/c1-13-19-17(22-21-13)14-7-9-15(10-8-14)20-18(24)23(2)11-3-5-16-6-4-12-25-16/h7-10,16H,3-6,11-12H2,1-2H3,(H,20,24)(H,19,21,22). The molecule has 0 bridgehead atoms. The van der Waals surface area contributed by atoms with Crippen LogP contribution < -0.4 is 5.32 Å². The molecule has 3 rings (SSSR count). The van der Waals surface area contributed by atoms with Gasteiger partial charge in [0.25, 0.3) is 0 Å². The number of anilines is 1. The highest BCUT2D eigenvalue weighted by Gasteiger charge is 2.16. The lowest BCUT2D eigenvalue weighted by Gasteiger charge is -2.19. The minimum Gasteiger partial charge on any atom is -0.378 e. The zero-order valence-corrected chi connectivity index (χ0v) is 14.8. The summed E-state index contributed by atoms with van der Waals surface area (Å²) in [5.41, 5.74) is 1.67. The van der Waals surface area contributed by atoms with Gasteiger partial charge in [0.05, 0.1) is 6.10 Å². The Balaban J connectivity index is 1.46. The van der Waals surface area contributed by atoms with Crippen LogP contribution in [0.25, 0.3) is 11.4 Å². The van der Waals surface area contributed by atoms with Crippen LogP contribution >= 0.6 is 0 Å². The SMILES string of the molecule is Cc1nc(-c2ccc(NC(=O)N(C)CCCC3CCCO3)cc2)n[nH]1. The van der Waals surface area contributed by atoms with Crippen molar-refractivity contribution >= 4 is 11.7 Å². The molecule has 1 aliphatic heterocycles. The molecule has 1 aliphatic rings. The van der Waals surface area contributed by atoms with Crippen LogP contribution in [0.5, 0.6) is 0 Å². The fraction of sp³-hybridized carbons (Fsp3) is 0.500. The van der Waals surface area contributed by atoms with E-state index in [1.54, 1.807) is 4.90 Å². The molecule has 1 unspecified atom stereocenters. The highest BCUT2D eigenvalue weighted by Crippen LogP contribution is 2.19. The van der Waals surface area contributed by atoms with Crippen LogP contribution in [0.4, 0.5) is 10.5 Å². The number of benzene rings is 1. The number of ether oxygens (including phenoxy) is 1. The molecule has 1 saturated heterocycles. The molecule has 25 heavy (non-hydrogen) atoms. The molecule has 7 heteroatoms. The van der Waals surface area contributed by atoms with Crippen molar-refractivity contribution in [2.75, 3.05) is 25.5 Å². The van der Waals surface area contributed by atoms with E-state index in [-0.39, 0.29) is 6.03 Å². The Labute approximate surface area is 147 Å². The Morgan fingerprint density at radius 2 is 2.20 bits per heavy atom. The van der Waals surface area contributed by atoms with Gasteiger partial charge in [0, 0.05) is 31.5 Å². The summed E-state index contributed by atoms with van der Waals surface area (Å²) in [6.07, 6.45) is 4.65. The molecular formula is C18H25N5O2. The van der Waals surface area contributed by atoms with Crippen molar-refractivity contribution in [3.05, 3.63) is 30.1 Å². The molecule has 1 fully saturated rings. The molecule has 1 aromatic heterocycles. The molecule has 2 amide bonds. The van der Waals surface area contributed by atoms with Gasteiger partial charge in [-0.15, -0.1) is 0 Å². The van der Waals surface area contributed by atoms with Crippen molar-refractivity contribution < 1.29 is 9.53 Å². The Morgan fingerprint density at radius 1 is 1.40 bits per heavy atom. The zero-order chi connectivity index (χ0) is 17.6. The summed E-state index contributed by atoms with van der Waals surface area (Å²) in [6.45, 7) is 3.46. The molecule has 2 heterocycles. The summed E-state index contributed by atoms with van der Waals surface area (Å²) in [4.78, 5) is 18.3. The fourth-order valence-electron chi connectivity index (χ4n) is 2.92. The molecule has 0 radical (unpaired) electrons. The van der Waals surface area contributed by atoms with Gasteiger partial charge < -0.3 is 15.0 Å². The number of urea groups is 1. The van der Waals surface area contributed by atoms with Gasteiger partial charge in [-0.05, 0) is 56.9 Å². The second-order valence-corrected chi connectivity index (χ2v) is 6.45. The molecule has 0 saturated carbocycles. The van der Waals surface area contributed by atoms with Gasteiger partial charge in [-0.2, -0.15) is 5.10 Å². The number of H-pyrrole nitrogens is 1. The highest BCUT2D eigenvalue weighted by molar-refractivity contribution is 5.89. The van der Waals surface area contributed by atoms with E-state index >= 15 is 0 Å². The van der Waals surface area contributed by atoms with Gasteiger partial charge in [-0.3, -0.25) is 5.10 Å². The van der Waals surface area contributed by atoms with E-state index in [1.807, 2.05) is 38.2 Å². The summed E-state index contributed by atoms with van der Waals surface area (Å²) in [5.74, 6) is 1.43. The van der Waals surface area contributed by atoms with Gasteiger partial charge in [0.1, 0.15) is 5.82 Å². The topological polar surface area (TPSA) is 83.1 Å². The number of carbonyl (C=O) groups is 1. The third-order valence-corrected chi connectivity index (χ3v) is 4.38. The lowest BCUT2D eigenvalue weighted by atomic mass is 10.1. The maximum Gasteiger partial charge on any atom is 0.321 e. The first-order valence-corrected chi connectivity index (χ1v) is 8.75. The van der Waals surface area contributed by atoms with Crippen LogP contribution in [0.2, 0.25) is 0 Å². The monoisotopic (exact) mass is 343 g/mol. The van der Waals surface area contributed by atoms with Crippen molar-refractivity contribution in [2.45, 2.75) is 38.7 Å². The molecule has 2 N–H and O–H groups in total. The van der Waals surface area contributed by atoms with Crippen molar-refractivity contribution in [1.29, 1.82) is 0 Å². The smallest absolute Gasteiger partial charge is 0.321 e. The first-order valence-electron chi connectivity index (χ1n) is 8.75. The number of hydrogen-bond donors (Lipinski definition) is 2. The predicted octanol–water partition coefficient (Wildman–Crippen LogP) is 3.20. The van der Waals surface area contributed by atoms with E-state index in [4.69, 9.17) is 4.74 Å². The highest BCUT2D eigenvalue weighted by atomic mass is 16.5. The lowest BCUT2D eigenvalue weighted by Crippen LogP contribution is -2.32. The first kappa shape index (κ1) is 17.4. The van der Waals surface area contributed by atoms with Crippen molar-refractivity contribution in [2.24, 2.45) is 0 Å². The molecule has 2 aromatic rings. The van der Waals surface area contributed by atoms with Crippen LogP contribution in [0.3, 0.4) is 0 Å². The second-order valence-electron chi connectivity index (χ2n) is 6.45. The van der Waals surface area contributed by atoms with Gasteiger partial charge in [-0.1, -0.05) is 0 Å². The predicted molar refractivity (Wildman–Crippen MR) is 96.4 cm³/mol. The lowest BCUT2D eigenvalue weighted by molar-refractivity contribution is 0.101.